The highest BCUT2D eigenvalue weighted by atomic mass is 16.7. The van der Waals surface area contributed by atoms with E-state index >= 15 is 0 Å². The number of hydroxylamine groups is 2. The first-order valence-electron chi connectivity index (χ1n) is 6.51. The summed E-state index contributed by atoms with van der Waals surface area (Å²) in [6, 6.07) is 4.45. The van der Waals surface area contributed by atoms with Crippen molar-refractivity contribution >= 4 is 29.5 Å². The van der Waals surface area contributed by atoms with Crippen LogP contribution >= 0.6 is 0 Å². The molecule has 3 amide bonds. The van der Waals surface area contributed by atoms with Crippen molar-refractivity contribution in [3.63, 3.8) is 0 Å². The molecule has 0 spiro atoms. The predicted molar refractivity (Wildman–Crippen MR) is 69.2 cm³/mol. The van der Waals surface area contributed by atoms with E-state index in [4.69, 9.17) is 0 Å². The molecule has 2 aliphatic rings. The highest BCUT2D eigenvalue weighted by molar-refractivity contribution is 6.22. The summed E-state index contributed by atoms with van der Waals surface area (Å²) in [5, 5.41) is 2.55. The molecule has 0 unspecified atom stereocenters. The largest absolute Gasteiger partial charge is 0.363 e. The maximum absolute atomic E-state index is 12.2. The Balaban J connectivity index is 1.83. The molecule has 0 radical (unpaired) electrons. The number of carbonyl (C=O) groups is 5. The highest BCUT2D eigenvalue weighted by Crippen LogP contribution is 2.19. The second-order valence-corrected chi connectivity index (χ2v) is 4.81. The van der Waals surface area contributed by atoms with Gasteiger partial charge in [-0.25, -0.2) is 4.79 Å². The lowest BCUT2D eigenvalue weighted by atomic mass is 9.94. The van der Waals surface area contributed by atoms with Gasteiger partial charge in [-0.3, -0.25) is 19.2 Å². The summed E-state index contributed by atoms with van der Waals surface area (Å²) >= 11 is 0. The van der Waals surface area contributed by atoms with Gasteiger partial charge < -0.3 is 10.2 Å². The Bertz CT molecular complexity index is 710. The van der Waals surface area contributed by atoms with E-state index in [1.165, 1.54) is 12.1 Å². The molecular formula is C14H10N2O6. The molecule has 0 saturated carbocycles. The molecule has 0 aliphatic carbocycles. The lowest BCUT2D eigenvalue weighted by Crippen LogP contribution is -2.53. The predicted octanol–water partition coefficient (Wildman–Crippen LogP) is -0.412. The van der Waals surface area contributed by atoms with E-state index in [0.717, 1.165) is 0 Å². The average Bonchev–Trinajstić information content (AvgIpc) is 2.82. The van der Waals surface area contributed by atoms with E-state index in [-0.39, 0.29) is 24.0 Å². The Kier molecular flexibility index (Phi) is 3.21. The first kappa shape index (κ1) is 13.9. The fourth-order valence-electron chi connectivity index (χ4n) is 2.29. The van der Waals surface area contributed by atoms with Crippen LogP contribution in [0.1, 0.15) is 33.6 Å². The molecule has 22 heavy (non-hydrogen) atoms. The molecule has 8 heteroatoms. The van der Waals surface area contributed by atoms with Crippen LogP contribution in [0.3, 0.4) is 0 Å². The van der Waals surface area contributed by atoms with E-state index in [1.807, 2.05) is 0 Å². The summed E-state index contributed by atoms with van der Waals surface area (Å²) in [5.41, 5.74) is 0.247. The Labute approximate surface area is 124 Å². The first-order valence-corrected chi connectivity index (χ1v) is 6.51. The molecule has 112 valence electrons. The van der Waals surface area contributed by atoms with Crippen molar-refractivity contribution in [2.45, 2.75) is 18.9 Å². The van der Waals surface area contributed by atoms with Gasteiger partial charge in [0.15, 0.2) is 11.8 Å². The summed E-state index contributed by atoms with van der Waals surface area (Å²) in [7, 11) is 0. The van der Waals surface area contributed by atoms with Crippen molar-refractivity contribution < 1.29 is 28.8 Å². The molecular weight excluding hydrogens is 292 g/mol. The van der Waals surface area contributed by atoms with Crippen LogP contribution in [0.2, 0.25) is 0 Å². The summed E-state index contributed by atoms with van der Waals surface area (Å²) in [4.78, 5) is 63.6. The third kappa shape index (κ3) is 2.14. The number of benzene rings is 1. The van der Waals surface area contributed by atoms with Crippen LogP contribution in [0.4, 0.5) is 0 Å². The number of hydrogen-bond donors (Lipinski definition) is 1. The normalized spacial score (nSPS) is 20.7. The maximum Gasteiger partial charge on any atom is 0.363 e. The van der Waals surface area contributed by atoms with Crippen LogP contribution in [0, 0.1) is 0 Å². The monoisotopic (exact) mass is 302 g/mol. The number of imide groups is 1. The number of hydrogen-bond acceptors (Lipinski definition) is 6. The minimum Gasteiger partial charge on any atom is -0.332 e. The number of nitrogens with zero attached hydrogens (tertiary/aromatic N) is 1. The van der Waals surface area contributed by atoms with Crippen molar-refractivity contribution in [1.82, 2.24) is 10.4 Å². The molecule has 1 saturated heterocycles. The fraction of sp³-hybridized carbons (Fsp3) is 0.214. The standard InChI is InChI=1S/C14H10N2O6/c17-9-5-6-10(18)16(9)22-14(21)11-12(19)7-3-1-2-4-8(7)13(20)15-11/h1-4,11H,5-6H2,(H,15,20)/t11-/m0/s1. The molecule has 8 nitrogen and oxygen atoms in total. The van der Waals surface area contributed by atoms with E-state index in [1.54, 1.807) is 12.1 Å². The molecule has 0 aromatic heterocycles. The number of Topliss-reactive ketones (excluding diaryl/α,β-unsaturated/α-hetero) is 1. The molecule has 3 rings (SSSR count). The third-order valence-corrected chi connectivity index (χ3v) is 3.40. The van der Waals surface area contributed by atoms with Gasteiger partial charge in [-0.15, -0.1) is 5.06 Å². The van der Waals surface area contributed by atoms with Gasteiger partial charge in [0.05, 0.1) is 5.56 Å². The van der Waals surface area contributed by atoms with Crippen molar-refractivity contribution in [1.29, 1.82) is 0 Å². The van der Waals surface area contributed by atoms with E-state index in [9.17, 15) is 24.0 Å². The van der Waals surface area contributed by atoms with Gasteiger partial charge in [-0.1, -0.05) is 18.2 Å². The first-order chi connectivity index (χ1) is 10.5. The number of ketones is 1. The minimum atomic E-state index is -1.58. The van der Waals surface area contributed by atoms with Crippen LogP contribution in [-0.4, -0.2) is 40.6 Å². The smallest absolute Gasteiger partial charge is 0.332 e. The number of carbonyl (C=O) groups excluding carboxylic acids is 5. The van der Waals surface area contributed by atoms with Crippen molar-refractivity contribution in [2.24, 2.45) is 0 Å². The molecule has 1 N–H and O–H groups in total. The molecule has 1 atom stereocenters. The number of rotatable bonds is 2. The second kappa shape index (κ2) is 5.06. The molecule has 1 aromatic rings. The Morgan fingerprint density at radius 2 is 1.64 bits per heavy atom. The van der Waals surface area contributed by atoms with Crippen LogP contribution in [0.5, 0.6) is 0 Å². The molecule has 1 aromatic carbocycles. The van der Waals surface area contributed by atoms with Crippen LogP contribution in [-0.2, 0) is 19.2 Å². The topological polar surface area (TPSA) is 110 Å². The van der Waals surface area contributed by atoms with E-state index in [2.05, 4.69) is 10.2 Å². The number of nitrogens with one attached hydrogen (secondary N) is 1. The van der Waals surface area contributed by atoms with Gasteiger partial charge in [0, 0.05) is 18.4 Å². The highest BCUT2D eigenvalue weighted by Gasteiger charge is 2.41. The van der Waals surface area contributed by atoms with Gasteiger partial charge in [0.2, 0.25) is 0 Å². The SMILES string of the molecule is O=C1N[C@H](C(=O)ON2C(=O)CCC2=O)C(=O)c2ccccc21. The zero-order valence-electron chi connectivity index (χ0n) is 11.2. The van der Waals surface area contributed by atoms with Gasteiger partial charge in [-0.05, 0) is 6.07 Å². The molecule has 2 heterocycles. The Morgan fingerprint density at radius 3 is 2.27 bits per heavy atom. The van der Waals surface area contributed by atoms with Gasteiger partial charge in [0.1, 0.15) is 0 Å². The minimum absolute atomic E-state index is 0.0556. The van der Waals surface area contributed by atoms with Crippen LogP contribution in [0.15, 0.2) is 24.3 Å². The summed E-state index contributed by atoms with van der Waals surface area (Å²) in [5.74, 6) is -3.74. The van der Waals surface area contributed by atoms with Gasteiger partial charge in [0.25, 0.3) is 17.7 Å². The average molecular weight is 302 g/mol. The zero-order chi connectivity index (χ0) is 15.9. The molecule has 0 bridgehead atoms. The lowest BCUT2D eigenvalue weighted by molar-refractivity contribution is -0.198. The van der Waals surface area contributed by atoms with E-state index in [0.29, 0.717) is 5.06 Å². The van der Waals surface area contributed by atoms with E-state index < -0.39 is 35.5 Å². The zero-order valence-corrected chi connectivity index (χ0v) is 11.2. The summed E-state index contributed by atoms with van der Waals surface area (Å²) < 4.78 is 0. The van der Waals surface area contributed by atoms with Crippen LogP contribution < -0.4 is 5.32 Å². The fourth-order valence-corrected chi connectivity index (χ4v) is 2.29. The number of amides is 3. The molecule has 1 fully saturated rings. The maximum atomic E-state index is 12.2. The van der Waals surface area contributed by atoms with Gasteiger partial charge >= 0.3 is 5.97 Å². The second-order valence-electron chi connectivity index (χ2n) is 4.81. The Morgan fingerprint density at radius 1 is 1.05 bits per heavy atom. The van der Waals surface area contributed by atoms with Crippen LogP contribution in [0.25, 0.3) is 0 Å². The quantitative estimate of drug-likeness (QED) is 0.587. The molecule has 2 aliphatic heterocycles. The van der Waals surface area contributed by atoms with Crippen molar-refractivity contribution in [3.05, 3.63) is 35.4 Å². The van der Waals surface area contributed by atoms with Crippen molar-refractivity contribution in [3.8, 4) is 0 Å². The Hall–Kier alpha value is -3.03. The third-order valence-electron chi connectivity index (χ3n) is 3.40. The summed E-state index contributed by atoms with van der Waals surface area (Å²) in [6.07, 6.45) is -0.111. The van der Waals surface area contributed by atoms with Crippen molar-refractivity contribution in [2.75, 3.05) is 0 Å². The number of fused-ring (bicyclic) bond motifs is 1. The van der Waals surface area contributed by atoms with Gasteiger partial charge in [-0.2, -0.15) is 0 Å². The summed E-state index contributed by atoms with van der Waals surface area (Å²) in [6.45, 7) is 0. The lowest BCUT2D eigenvalue weighted by Gasteiger charge is -2.23.